The zero-order chi connectivity index (χ0) is 15.6. The van der Waals surface area contributed by atoms with Gasteiger partial charge in [-0.3, -0.25) is 0 Å². The Morgan fingerprint density at radius 1 is 0.905 bits per heavy atom. The van der Waals surface area contributed by atoms with Gasteiger partial charge >= 0.3 is 0 Å². The first kappa shape index (κ1) is 15.4. The van der Waals surface area contributed by atoms with Gasteiger partial charge < -0.3 is 10.1 Å². The van der Waals surface area contributed by atoms with E-state index >= 15 is 0 Å². The minimum absolute atomic E-state index is 0.177. The number of rotatable bonds is 3. The first-order valence-electron chi connectivity index (χ1n) is 7.34. The highest BCUT2D eigenvalue weighted by molar-refractivity contribution is 5.68. The van der Waals surface area contributed by atoms with Gasteiger partial charge in [0.1, 0.15) is 5.75 Å². The zero-order valence-electron chi connectivity index (χ0n) is 13.9. The van der Waals surface area contributed by atoms with Crippen molar-refractivity contribution in [2.75, 3.05) is 12.4 Å². The first-order valence-corrected chi connectivity index (χ1v) is 7.34. The van der Waals surface area contributed by atoms with Crippen LogP contribution in [0.15, 0.2) is 36.4 Å². The summed E-state index contributed by atoms with van der Waals surface area (Å²) in [6.45, 7) is 10.9. The Balaban J connectivity index is 2.28. The molecular formula is C19H25NO. The van der Waals surface area contributed by atoms with Crippen molar-refractivity contribution in [3.63, 3.8) is 0 Å². The maximum Gasteiger partial charge on any atom is 0.142 e. The second kappa shape index (κ2) is 5.80. The van der Waals surface area contributed by atoms with Crippen LogP contribution in [0.4, 0.5) is 11.4 Å². The van der Waals surface area contributed by atoms with Crippen molar-refractivity contribution in [2.45, 2.75) is 40.0 Å². The average molecular weight is 283 g/mol. The molecule has 0 radical (unpaired) electrons. The number of nitrogens with one attached hydrogen (secondary N) is 1. The van der Waals surface area contributed by atoms with Crippen LogP contribution in [0.3, 0.4) is 0 Å². The Bertz CT molecular complexity index is 621. The third-order valence-corrected chi connectivity index (χ3v) is 3.85. The number of hydrogen-bond acceptors (Lipinski definition) is 2. The first-order chi connectivity index (χ1) is 9.81. The van der Waals surface area contributed by atoms with E-state index in [9.17, 15) is 0 Å². The fourth-order valence-electron chi connectivity index (χ4n) is 2.27. The molecule has 0 aromatic heterocycles. The highest BCUT2D eigenvalue weighted by atomic mass is 16.5. The van der Waals surface area contributed by atoms with Crippen LogP contribution in [-0.2, 0) is 5.41 Å². The Kier molecular flexibility index (Phi) is 4.26. The molecule has 2 aromatic rings. The van der Waals surface area contributed by atoms with Crippen LogP contribution in [0.5, 0.6) is 5.75 Å². The maximum atomic E-state index is 5.47. The Morgan fingerprint density at radius 2 is 1.48 bits per heavy atom. The Morgan fingerprint density at radius 3 is 2.00 bits per heavy atom. The summed E-state index contributed by atoms with van der Waals surface area (Å²) in [5, 5.41) is 3.45. The molecule has 1 N–H and O–H groups in total. The summed E-state index contributed by atoms with van der Waals surface area (Å²) in [5.41, 5.74) is 6.08. The number of aryl methyl sites for hydroxylation is 2. The Labute approximate surface area is 128 Å². The van der Waals surface area contributed by atoms with E-state index in [2.05, 4.69) is 76.3 Å². The molecule has 0 heterocycles. The van der Waals surface area contributed by atoms with E-state index in [-0.39, 0.29) is 5.41 Å². The topological polar surface area (TPSA) is 21.3 Å². The summed E-state index contributed by atoms with van der Waals surface area (Å²) in [6.07, 6.45) is 0. The molecule has 2 nitrogen and oxygen atoms in total. The highest BCUT2D eigenvalue weighted by Crippen LogP contribution is 2.31. The highest BCUT2D eigenvalue weighted by Gasteiger charge is 2.13. The lowest BCUT2D eigenvalue weighted by Crippen LogP contribution is -2.10. The van der Waals surface area contributed by atoms with Crippen molar-refractivity contribution in [3.05, 3.63) is 53.1 Å². The van der Waals surface area contributed by atoms with Gasteiger partial charge in [-0.15, -0.1) is 0 Å². The summed E-state index contributed by atoms with van der Waals surface area (Å²) < 4.78 is 5.47. The lowest BCUT2D eigenvalue weighted by molar-refractivity contribution is 0.416. The predicted molar refractivity (Wildman–Crippen MR) is 90.9 cm³/mol. The SMILES string of the molecule is COc1cc(C)c(C)cc1Nc1ccc(C(C)(C)C)cc1. The van der Waals surface area contributed by atoms with Gasteiger partial charge in [0.15, 0.2) is 0 Å². The van der Waals surface area contributed by atoms with Crippen LogP contribution >= 0.6 is 0 Å². The average Bonchev–Trinajstić information content (AvgIpc) is 2.42. The number of benzene rings is 2. The molecule has 2 heteroatoms. The van der Waals surface area contributed by atoms with Gasteiger partial charge in [0.2, 0.25) is 0 Å². The summed E-state index contributed by atoms with van der Waals surface area (Å²) >= 11 is 0. The molecule has 0 amide bonds. The zero-order valence-corrected chi connectivity index (χ0v) is 13.9. The van der Waals surface area contributed by atoms with Crippen LogP contribution in [-0.4, -0.2) is 7.11 Å². The number of methoxy groups -OCH3 is 1. The van der Waals surface area contributed by atoms with Crippen molar-refractivity contribution in [1.82, 2.24) is 0 Å². The predicted octanol–water partition coefficient (Wildman–Crippen LogP) is 5.35. The van der Waals surface area contributed by atoms with Crippen LogP contribution < -0.4 is 10.1 Å². The largest absolute Gasteiger partial charge is 0.495 e. The number of anilines is 2. The quantitative estimate of drug-likeness (QED) is 0.819. The Hall–Kier alpha value is -1.96. The van der Waals surface area contributed by atoms with Crippen molar-refractivity contribution in [3.8, 4) is 5.75 Å². The standard InChI is InChI=1S/C19H25NO/c1-13-11-17(18(21-6)12-14(13)2)20-16-9-7-15(8-10-16)19(3,4)5/h7-12,20H,1-6H3. The minimum Gasteiger partial charge on any atom is -0.495 e. The number of hydrogen-bond donors (Lipinski definition) is 1. The van der Waals surface area contributed by atoms with Crippen LogP contribution in [0.2, 0.25) is 0 Å². The van der Waals surface area contributed by atoms with Crippen LogP contribution in [0.25, 0.3) is 0 Å². The molecule has 0 aliphatic heterocycles. The summed E-state index contributed by atoms with van der Waals surface area (Å²) in [6, 6.07) is 12.8. The van der Waals surface area contributed by atoms with E-state index in [0.717, 1.165) is 17.1 Å². The van der Waals surface area contributed by atoms with Gasteiger partial charge in [-0.1, -0.05) is 32.9 Å². The van der Waals surface area contributed by atoms with Gasteiger partial charge in [0.05, 0.1) is 12.8 Å². The van der Waals surface area contributed by atoms with E-state index < -0.39 is 0 Å². The van der Waals surface area contributed by atoms with E-state index in [4.69, 9.17) is 4.74 Å². The molecular weight excluding hydrogens is 258 g/mol. The van der Waals surface area contributed by atoms with Gasteiger partial charge in [-0.05, 0) is 60.2 Å². The molecule has 0 saturated carbocycles. The molecule has 0 aliphatic carbocycles. The molecule has 112 valence electrons. The van der Waals surface area contributed by atoms with Crippen LogP contribution in [0.1, 0.15) is 37.5 Å². The molecule has 0 atom stereocenters. The molecule has 0 unspecified atom stereocenters. The molecule has 0 aliphatic rings. The third kappa shape index (κ3) is 3.57. The molecule has 21 heavy (non-hydrogen) atoms. The molecule has 2 aromatic carbocycles. The second-order valence-electron chi connectivity index (χ2n) is 6.59. The second-order valence-corrected chi connectivity index (χ2v) is 6.59. The lowest BCUT2D eigenvalue weighted by atomic mass is 9.87. The van der Waals surface area contributed by atoms with E-state index in [1.54, 1.807) is 7.11 Å². The van der Waals surface area contributed by atoms with Gasteiger partial charge in [-0.2, -0.15) is 0 Å². The molecule has 0 bridgehead atoms. The normalized spacial score (nSPS) is 11.3. The van der Waals surface area contributed by atoms with E-state index in [1.807, 2.05) is 0 Å². The van der Waals surface area contributed by atoms with E-state index in [1.165, 1.54) is 16.7 Å². The molecule has 0 saturated heterocycles. The monoisotopic (exact) mass is 283 g/mol. The van der Waals surface area contributed by atoms with E-state index in [0.29, 0.717) is 0 Å². The van der Waals surface area contributed by atoms with Gasteiger partial charge in [0, 0.05) is 5.69 Å². The van der Waals surface area contributed by atoms with Crippen molar-refractivity contribution >= 4 is 11.4 Å². The van der Waals surface area contributed by atoms with Crippen molar-refractivity contribution in [2.24, 2.45) is 0 Å². The fourth-order valence-corrected chi connectivity index (χ4v) is 2.27. The number of ether oxygens (including phenoxy) is 1. The molecule has 0 fully saturated rings. The third-order valence-electron chi connectivity index (χ3n) is 3.85. The lowest BCUT2D eigenvalue weighted by Gasteiger charge is -2.20. The van der Waals surface area contributed by atoms with Crippen LogP contribution in [0, 0.1) is 13.8 Å². The minimum atomic E-state index is 0.177. The fraction of sp³-hybridized carbons (Fsp3) is 0.368. The summed E-state index contributed by atoms with van der Waals surface area (Å²) in [7, 11) is 1.71. The van der Waals surface area contributed by atoms with Crippen molar-refractivity contribution < 1.29 is 4.74 Å². The maximum absolute atomic E-state index is 5.47. The van der Waals surface area contributed by atoms with Crippen molar-refractivity contribution in [1.29, 1.82) is 0 Å². The van der Waals surface area contributed by atoms with Gasteiger partial charge in [-0.25, -0.2) is 0 Å². The molecule has 0 spiro atoms. The molecule has 2 rings (SSSR count). The summed E-state index contributed by atoms with van der Waals surface area (Å²) in [4.78, 5) is 0. The summed E-state index contributed by atoms with van der Waals surface area (Å²) in [5.74, 6) is 0.873. The smallest absolute Gasteiger partial charge is 0.142 e. The van der Waals surface area contributed by atoms with Gasteiger partial charge in [0.25, 0.3) is 0 Å².